The van der Waals surface area contributed by atoms with Crippen LogP contribution in [0.15, 0.2) is 17.0 Å². The van der Waals surface area contributed by atoms with Gasteiger partial charge in [-0.2, -0.15) is 4.98 Å². The van der Waals surface area contributed by atoms with Crippen molar-refractivity contribution < 1.29 is 4.52 Å². The average Bonchev–Trinajstić information content (AvgIpc) is 3.08. The average molecular weight is 276 g/mol. The first-order chi connectivity index (χ1) is 9.72. The molecule has 7 heteroatoms. The Balaban J connectivity index is 1.66. The van der Waals surface area contributed by atoms with Crippen LogP contribution in [-0.2, 0) is 7.05 Å². The Kier molecular flexibility index (Phi) is 3.79. The lowest BCUT2D eigenvalue weighted by atomic mass is 10.1. The van der Waals surface area contributed by atoms with Crippen LogP contribution < -0.4 is 5.73 Å². The number of imidazole rings is 1. The number of piperidine rings is 1. The van der Waals surface area contributed by atoms with Crippen molar-refractivity contribution in [2.75, 3.05) is 19.6 Å². The second-order valence-corrected chi connectivity index (χ2v) is 5.35. The third kappa shape index (κ3) is 2.88. The minimum Gasteiger partial charge on any atom is -0.340 e. The van der Waals surface area contributed by atoms with Crippen molar-refractivity contribution in [2.24, 2.45) is 12.8 Å². The zero-order valence-corrected chi connectivity index (χ0v) is 11.7. The summed E-state index contributed by atoms with van der Waals surface area (Å²) >= 11 is 0. The van der Waals surface area contributed by atoms with Crippen molar-refractivity contribution in [3.05, 3.63) is 18.3 Å². The summed E-state index contributed by atoms with van der Waals surface area (Å²) in [6.45, 7) is 3.00. The van der Waals surface area contributed by atoms with Gasteiger partial charge in [0.25, 0.3) is 5.89 Å². The molecular weight excluding hydrogens is 256 g/mol. The van der Waals surface area contributed by atoms with Crippen molar-refractivity contribution in [3.63, 3.8) is 0 Å². The van der Waals surface area contributed by atoms with Gasteiger partial charge in [-0.1, -0.05) is 11.6 Å². The van der Waals surface area contributed by atoms with E-state index in [9.17, 15) is 0 Å². The molecule has 1 aliphatic heterocycles. The summed E-state index contributed by atoms with van der Waals surface area (Å²) < 4.78 is 7.08. The highest BCUT2D eigenvalue weighted by Gasteiger charge is 2.20. The van der Waals surface area contributed by atoms with Crippen LogP contribution in [0.4, 0.5) is 0 Å². The number of hydrogen-bond acceptors (Lipinski definition) is 6. The molecule has 0 amide bonds. The fourth-order valence-corrected chi connectivity index (χ4v) is 2.51. The lowest BCUT2D eigenvalue weighted by Crippen LogP contribution is -2.36. The zero-order chi connectivity index (χ0) is 13.9. The molecule has 1 fully saturated rings. The molecule has 2 aromatic rings. The Morgan fingerprint density at radius 2 is 2.15 bits per heavy atom. The van der Waals surface area contributed by atoms with Crippen molar-refractivity contribution >= 4 is 0 Å². The number of likely N-dealkylation sites (tertiary alicyclic amines) is 1. The normalized spacial score (nSPS) is 18.3. The third-order valence-corrected chi connectivity index (χ3v) is 3.60. The molecule has 0 spiro atoms. The topological polar surface area (TPSA) is 86.0 Å². The standard InChI is InChI=1S/C13H20N6O/c1-18-8-11(15-9-18)13-16-12(17-20-13)10(14)7-19-5-3-2-4-6-19/h8-10H,2-7,14H2,1H3. The Hall–Kier alpha value is -1.73. The molecule has 1 saturated heterocycles. The molecule has 108 valence electrons. The van der Waals surface area contributed by atoms with Gasteiger partial charge in [0, 0.05) is 19.8 Å². The van der Waals surface area contributed by atoms with Gasteiger partial charge in [-0.25, -0.2) is 4.98 Å². The zero-order valence-electron chi connectivity index (χ0n) is 11.7. The Bertz CT molecular complexity index is 557. The molecule has 0 bridgehead atoms. The largest absolute Gasteiger partial charge is 0.340 e. The second-order valence-electron chi connectivity index (χ2n) is 5.35. The summed E-state index contributed by atoms with van der Waals surface area (Å²) in [5, 5.41) is 3.98. The molecule has 3 heterocycles. The first-order valence-electron chi connectivity index (χ1n) is 7.02. The summed E-state index contributed by atoms with van der Waals surface area (Å²) in [5.41, 5.74) is 6.85. The Morgan fingerprint density at radius 1 is 1.35 bits per heavy atom. The summed E-state index contributed by atoms with van der Waals surface area (Å²) in [5.74, 6) is 0.978. The molecule has 3 rings (SSSR count). The highest BCUT2D eigenvalue weighted by Crippen LogP contribution is 2.18. The van der Waals surface area contributed by atoms with E-state index in [1.807, 2.05) is 17.8 Å². The van der Waals surface area contributed by atoms with E-state index >= 15 is 0 Å². The monoisotopic (exact) mass is 276 g/mol. The SMILES string of the molecule is Cn1cnc(-c2nc(C(N)CN3CCCCC3)no2)c1. The fraction of sp³-hybridized carbons (Fsp3) is 0.615. The van der Waals surface area contributed by atoms with E-state index in [4.69, 9.17) is 10.3 Å². The second kappa shape index (κ2) is 5.72. The maximum Gasteiger partial charge on any atom is 0.278 e. The molecule has 0 aromatic carbocycles. The molecule has 20 heavy (non-hydrogen) atoms. The van der Waals surface area contributed by atoms with Crippen LogP contribution in [-0.4, -0.2) is 44.2 Å². The predicted octanol–water partition coefficient (Wildman–Crippen LogP) is 0.956. The van der Waals surface area contributed by atoms with Gasteiger partial charge >= 0.3 is 0 Å². The smallest absolute Gasteiger partial charge is 0.278 e. The molecule has 7 nitrogen and oxygen atoms in total. The van der Waals surface area contributed by atoms with E-state index in [-0.39, 0.29) is 6.04 Å². The van der Waals surface area contributed by atoms with E-state index < -0.39 is 0 Å². The van der Waals surface area contributed by atoms with Gasteiger partial charge in [0.2, 0.25) is 0 Å². The predicted molar refractivity (Wildman–Crippen MR) is 73.7 cm³/mol. The maximum absolute atomic E-state index is 6.17. The Labute approximate surface area is 117 Å². The van der Waals surface area contributed by atoms with E-state index in [1.54, 1.807) is 6.33 Å². The summed E-state index contributed by atoms with van der Waals surface area (Å²) in [6, 6.07) is -0.214. The van der Waals surface area contributed by atoms with Crippen LogP contribution in [0.2, 0.25) is 0 Å². The lowest BCUT2D eigenvalue weighted by Gasteiger charge is -2.27. The molecule has 0 saturated carbocycles. The van der Waals surface area contributed by atoms with E-state index in [1.165, 1.54) is 19.3 Å². The van der Waals surface area contributed by atoms with Crippen LogP contribution in [0.3, 0.4) is 0 Å². The number of nitrogens with two attached hydrogens (primary N) is 1. The van der Waals surface area contributed by atoms with Gasteiger partial charge in [0.15, 0.2) is 5.82 Å². The quantitative estimate of drug-likeness (QED) is 0.895. The Morgan fingerprint density at radius 3 is 2.85 bits per heavy atom. The van der Waals surface area contributed by atoms with Crippen molar-refractivity contribution in [2.45, 2.75) is 25.3 Å². The first-order valence-corrected chi connectivity index (χ1v) is 7.02. The van der Waals surface area contributed by atoms with Crippen molar-refractivity contribution in [1.29, 1.82) is 0 Å². The van der Waals surface area contributed by atoms with Gasteiger partial charge in [-0.05, 0) is 25.9 Å². The van der Waals surface area contributed by atoms with Crippen LogP contribution in [0.1, 0.15) is 31.1 Å². The number of rotatable bonds is 4. The van der Waals surface area contributed by atoms with Gasteiger partial charge < -0.3 is 19.7 Å². The summed E-state index contributed by atoms with van der Waals surface area (Å²) in [7, 11) is 1.90. The van der Waals surface area contributed by atoms with Crippen molar-refractivity contribution in [1.82, 2.24) is 24.6 Å². The van der Waals surface area contributed by atoms with Gasteiger partial charge in [-0.3, -0.25) is 0 Å². The van der Waals surface area contributed by atoms with Gasteiger partial charge in [-0.15, -0.1) is 0 Å². The number of aromatic nitrogens is 4. The minimum absolute atomic E-state index is 0.214. The summed E-state index contributed by atoms with van der Waals surface area (Å²) in [6.07, 6.45) is 7.36. The number of aryl methyl sites for hydroxylation is 1. The molecule has 1 unspecified atom stereocenters. The molecule has 2 aromatic heterocycles. The number of nitrogens with zero attached hydrogens (tertiary/aromatic N) is 5. The maximum atomic E-state index is 6.17. The highest BCUT2D eigenvalue weighted by molar-refractivity contribution is 5.44. The van der Waals surface area contributed by atoms with Gasteiger partial charge in [0.05, 0.1) is 12.4 Å². The van der Waals surface area contributed by atoms with Crippen LogP contribution >= 0.6 is 0 Å². The van der Waals surface area contributed by atoms with Crippen molar-refractivity contribution in [3.8, 4) is 11.6 Å². The van der Waals surface area contributed by atoms with E-state index in [0.29, 0.717) is 17.4 Å². The van der Waals surface area contributed by atoms with Crippen LogP contribution in [0.5, 0.6) is 0 Å². The number of hydrogen-bond donors (Lipinski definition) is 1. The minimum atomic E-state index is -0.214. The lowest BCUT2D eigenvalue weighted by molar-refractivity contribution is 0.213. The van der Waals surface area contributed by atoms with Crippen LogP contribution in [0, 0.1) is 0 Å². The highest BCUT2D eigenvalue weighted by atomic mass is 16.5. The molecule has 2 N–H and O–H groups in total. The molecule has 1 atom stereocenters. The molecule has 1 aliphatic rings. The first kappa shape index (κ1) is 13.3. The third-order valence-electron chi connectivity index (χ3n) is 3.60. The van der Waals surface area contributed by atoms with E-state index in [2.05, 4.69) is 20.0 Å². The molecule has 0 radical (unpaired) electrons. The molecular formula is C13H20N6O. The fourth-order valence-electron chi connectivity index (χ4n) is 2.51. The van der Waals surface area contributed by atoms with Gasteiger partial charge in [0.1, 0.15) is 5.69 Å². The summed E-state index contributed by atoms with van der Waals surface area (Å²) in [4.78, 5) is 10.9. The molecule has 0 aliphatic carbocycles. The van der Waals surface area contributed by atoms with E-state index in [0.717, 1.165) is 19.6 Å². The van der Waals surface area contributed by atoms with Crippen LogP contribution in [0.25, 0.3) is 11.6 Å².